The molecule has 1 aliphatic rings. The molecule has 1 aromatic heterocycles. The van der Waals surface area contributed by atoms with Gasteiger partial charge in [-0.1, -0.05) is 12.1 Å². The first-order valence-corrected chi connectivity index (χ1v) is 10.0. The first-order chi connectivity index (χ1) is 14.4. The Hall–Kier alpha value is -3.06. The van der Waals surface area contributed by atoms with Gasteiger partial charge in [-0.15, -0.1) is 0 Å². The van der Waals surface area contributed by atoms with Crippen LogP contribution in [0.15, 0.2) is 42.5 Å². The molecule has 30 heavy (non-hydrogen) atoms. The largest absolute Gasteiger partial charge is 0.321 e. The molecule has 0 saturated carbocycles. The molecule has 7 heteroatoms. The zero-order valence-electron chi connectivity index (χ0n) is 17.1. The highest BCUT2D eigenvalue weighted by Gasteiger charge is 2.27. The predicted molar refractivity (Wildman–Crippen MR) is 112 cm³/mol. The summed E-state index contributed by atoms with van der Waals surface area (Å²) < 4.78 is 28.6. The first kappa shape index (κ1) is 20.2. The number of fused-ring (bicyclic) bond motifs is 1. The van der Waals surface area contributed by atoms with Gasteiger partial charge in [0.2, 0.25) is 0 Å². The summed E-state index contributed by atoms with van der Waals surface area (Å²) >= 11 is 0. The van der Waals surface area contributed by atoms with Crippen molar-refractivity contribution in [1.29, 1.82) is 0 Å². The van der Waals surface area contributed by atoms with Crippen molar-refractivity contribution in [2.75, 3.05) is 26.0 Å². The Morgan fingerprint density at radius 3 is 2.57 bits per heavy atom. The number of aromatic nitrogens is 2. The first-order valence-electron chi connectivity index (χ1n) is 10.0. The summed E-state index contributed by atoms with van der Waals surface area (Å²) in [6, 6.07) is 11.4. The Morgan fingerprint density at radius 1 is 1.10 bits per heavy atom. The van der Waals surface area contributed by atoms with Crippen LogP contribution in [0.5, 0.6) is 0 Å². The van der Waals surface area contributed by atoms with E-state index >= 15 is 0 Å². The Bertz CT molecular complexity index is 1070. The SMILES string of the molecule is CN(C)CCc1ccc(NC(=O)c2nn(-c3ccc(F)c(F)c3)c3c2CCC3)cc1. The van der Waals surface area contributed by atoms with E-state index in [1.54, 1.807) is 4.68 Å². The van der Waals surface area contributed by atoms with Gasteiger partial charge in [0.1, 0.15) is 0 Å². The Labute approximate surface area is 174 Å². The third kappa shape index (κ3) is 4.11. The monoisotopic (exact) mass is 410 g/mol. The third-order valence-corrected chi connectivity index (χ3v) is 5.35. The standard InChI is InChI=1S/C23H24F2N4O/c1-28(2)13-12-15-6-8-16(9-7-15)26-23(30)22-18-4-3-5-21(18)29(27-22)17-10-11-19(24)20(25)14-17/h6-11,14H,3-5,12-13H2,1-2H3,(H,26,30). The maximum absolute atomic E-state index is 13.7. The lowest BCUT2D eigenvalue weighted by Crippen LogP contribution is -2.16. The fourth-order valence-electron chi connectivity index (χ4n) is 3.75. The molecule has 1 amide bonds. The van der Waals surface area contributed by atoms with Gasteiger partial charge in [-0.25, -0.2) is 13.5 Å². The average Bonchev–Trinajstić information content (AvgIpc) is 3.32. The van der Waals surface area contributed by atoms with Crippen LogP contribution in [0.3, 0.4) is 0 Å². The van der Waals surface area contributed by atoms with Crippen molar-refractivity contribution in [1.82, 2.24) is 14.7 Å². The van der Waals surface area contributed by atoms with E-state index in [4.69, 9.17) is 0 Å². The molecule has 1 aliphatic carbocycles. The molecule has 0 fully saturated rings. The van der Waals surface area contributed by atoms with Crippen LogP contribution in [0, 0.1) is 11.6 Å². The van der Waals surface area contributed by atoms with E-state index in [0.29, 0.717) is 17.1 Å². The van der Waals surface area contributed by atoms with Crippen molar-refractivity contribution in [3.8, 4) is 5.69 Å². The number of anilines is 1. The fourth-order valence-corrected chi connectivity index (χ4v) is 3.75. The second kappa shape index (κ2) is 8.36. The van der Waals surface area contributed by atoms with Crippen LogP contribution in [-0.2, 0) is 19.3 Å². The molecule has 3 aromatic rings. The van der Waals surface area contributed by atoms with Gasteiger partial charge in [0.05, 0.1) is 5.69 Å². The van der Waals surface area contributed by atoms with Crippen LogP contribution in [-0.4, -0.2) is 41.2 Å². The van der Waals surface area contributed by atoms with Crippen molar-refractivity contribution < 1.29 is 13.6 Å². The van der Waals surface area contributed by atoms with Crippen LogP contribution < -0.4 is 5.32 Å². The number of hydrogen-bond acceptors (Lipinski definition) is 3. The van der Waals surface area contributed by atoms with E-state index in [1.807, 2.05) is 38.4 Å². The van der Waals surface area contributed by atoms with Gasteiger partial charge in [0.25, 0.3) is 5.91 Å². The molecular formula is C23H24F2N4O. The van der Waals surface area contributed by atoms with Gasteiger partial charge >= 0.3 is 0 Å². The van der Waals surface area contributed by atoms with Crippen LogP contribution >= 0.6 is 0 Å². The zero-order valence-corrected chi connectivity index (χ0v) is 17.1. The highest BCUT2D eigenvalue weighted by molar-refractivity contribution is 6.04. The minimum absolute atomic E-state index is 0.296. The summed E-state index contributed by atoms with van der Waals surface area (Å²) in [5.41, 5.74) is 4.40. The van der Waals surface area contributed by atoms with Gasteiger partial charge in [-0.05, 0) is 69.6 Å². The Morgan fingerprint density at radius 2 is 1.87 bits per heavy atom. The lowest BCUT2D eigenvalue weighted by molar-refractivity contribution is 0.102. The normalized spacial score (nSPS) is 13.0. The van der Waals surface area contributed by atoms with Gasteiger partial charge < -0.3 is 10.2 Å². The molecule has 156 valence electrons. The van der Waals surface area contributed by atoms with Crippen LogP contribution in [0.4, 0.5) is 14.5 Å². The topological polar surface area (TPSA) is 50.2 Å². The lowest BCUT2D eigenvalue weighted by Gasteiger charge is -2.10. The second-order valence-corrected chi connectivity index (χ2v) is 7.84. The van der Waals surface area contributed by atoms with E-state index in [1.165, 1.54) is 11.6 Å². The second-order valence-electron chi connectivity index (χ2n) is 7.84. The Balaban J connectivity index is 1.55. The molecule has 1 N–H and O–H groups in total. The van der Waals surface area contributed by atoms with Crippen LogP contribution in [0.1, 0.15) is 33.7 Å². The number of amides is 1. The number of hydrogen-bond donors (Lipinski definition) is 1. The molecular weight excluding hydrogens is 386 g/mol. The number of nitrogens with zero attached hydrogens (tertiary/aromatic N) is 3. The average molecular weight is 410 g/mol. The molecule has 0 aliphatic heterocycles. The number of benzene rings is 2. The summed E-state index contributed by atoms with van der Waals surface area (Å²) in [6.07, 6.45) is 3.32. The zero-order chi connectivity index (χ0) is 21.3. The van der Waals surface area contributed by atoms with Crippen molar-refractivity contribution in [2.45, 2.75) is 25.7 Å². The fraction of sp³-hybridized carbons (Fsp3) is 0.304. The number of likely N-dealkylation sites (N-methyl/N-ethyl adjacent to an activating group) is 1. The van der Waals surface area contributed by atoms with Crippen molar-refractivity contribution in [3.05, 3.63) is 76.6 Å². The molecule has 0 saturated heterocycles. The van der Waals surface area contributed by atoms with Crippen molar-refractivity contribution in [3.63, 3.8) is 0 Å². The summed E-state index contributed by atoms with van der Waals surface area (Å²) in [7, 11) is 4.07. The van der Waals surface area contributed by atoms with E-state index < -0.39 is 11.6 Å². The summed E-state index contributed by atoms with van der Waals surface area (Å²) in [5, 5.41) is 7.35. The molecule has 0 unspecified atom stereocenters. The smallest absolute Gasteiger partial charge is 0.276 e. The predicted octanol–water partition coefficient (Wildman–Crippen LogP) is 4.00. The minimum atomic E-state index is -0.935. The molecule has 0 spiro atoms. The van der Waals surface area contributed by atoms with Crippen LogP contribution in [0.25, 0.3) is 5.69 Å². The quantitative estimate of drug-likeness (QED) is 0.668. The van der Waals surface area contributed by atoms with E-state index in [0.717, 1.165) is 55.6 Å². The minimum Gasteiger partial charge on any atom is -0.321 e. The molecule has 0 bridgehead atoms. The summed E-state index contributed by atoms with van der Waals surface area (Å²) in [6.45, 7) is 0.958. The van der Waals surface area contributed by atoms with Gasteiger partial charge in [0, 0.05) is 29.6 Å². The summed E-state index contributed by atoms with van der Waals surface area (Å²) in [4.78, 5) is 15.0. The molecule has 1 heterocycles. The van der Waals surface area contributed by atoms with Crippen LogP contribution in [0.2, 0.25) is 0 Å². The van der Waals surface area contributed by atoms with Crippen molar-refractivity contribution >= 4 is 11.6 Å². The molecule has 5 nitrogen and oxygen atoms in total. The summed E-state index contributed by atoms with van der Waals surface area (Å²) in [5.74, 6) is -2.14. The Kier molecular flexibility index (Phi) is 5.63. The number of nitrogens with one attached hydrogen (secondary N) is 1. The molecule has 2 aromatic carbocycles. The maximum atomic E-state index is 13.7. The molecule has 0 radical (unpaired) electrons. The number of carbonyl (C=O) groups is 1. The van der Waals surface area contributed by atoms with E-state index in [2.05, 4.69) is 15.3 Å². The van der Waals surface area contributed by atoms with E-state index in [-0.39, 0.29) is 5.91 Å². The van der Waals surface area contributed by atoms with Gasteiger partial charge in [-0.3, -0.25) is 4.79 Å². The lowest BCUT2D eigenvalue weighted by atomic mass is 10.1. The van der Waals surface area contributed by atoms with E-state index in [9.17, 15) is 13.6 Å². The molecule has 4 rings (SSSR count). The van der Waals surface area contributed by atoms with Gasteiger partial charge in [0.15, 0.2) is 17.3 Å². The number of halogens is 2. The van der Waals surface area contributed by atoms with Gasteiger partial charge in [-0.2, -0.15) is 5.10 Å². The third-order valence-electron chi connectivity index (χ3n) is 5.35. The highest BCUT2D eigenvalue weighted by Crippen LogP contribution is 2.29. The number of rotatable bonds is 6. The number of carbonyl (C=O) groups excluding carboxylic acids is 1. The van der Waals surface area contributed by atoms with Crippen molar-refractivity contribution in [2.24, 2.45) is 0 Å². The molecule has 0 atom stereocenters. The highest BCUT2D eigenvalue weighted by atomic mass is 19.2. The maximum Gasteiger partial charge on any atom is 0.276 e.